The highest BCUT2D eigenvalue weighted by Crippen LogP contribution is 2.31. The molecule has 0 unspecified atom stereocenters. The minimum Gasteiger partial charge on any atom is -0.356 e. The Balaban J connectivity index is 1.45. The molecule has 126 valence electrons. The van der Waals surface area contributed by atoms with E-state index in [1.807, 2.05) is 30.1 Å². The molecule has 1 aromatic carbocycles. The number of carbonyl (C=O) groups is 1. The van der Waals surface area contributed by atoms with Crippen molar-refractivity contribution >= 4 is 22.6 Å². The minimum absolute atomic E-state index is 0.291. The van der Waals surface area contributed by atoms with Crippen LogP contribution in [0.2, 0.25) is 0 Å². The van der Waals surface area contributed by atoms with Crippen molar-refractivity contribution in [3.05, 3.63) is 30.6 Å². The first-order valence-electron chi connectivity index (χ1n) is 8.95. The van der Waals surface area contributed by atoms with E-state index in [9.17, 15) is 4.79 Å². The number of carbonyl (C=O) groups excluding carboxylic acids is 1. The number of fused-ring (bicyclic) bond motifs is 1. The SMILES string of the molecule is CN(C(=O)C1CCC1)C1CCN(c2ncnc3ccccc23)CC1. The Labute approximate surface area is 142 Å². The van der Waals surface area contributed by atoms with Gasteiger partial charge in [0, 0.05) is 37.5 Å². The fourth-order valence-electron chi connectivity index (χ4n) is 3.83. The molecule has 0 radical (unpaired) electrons. The lowest BCUT2D eigenvalue weighted by atomic mass is 9.84. The quantitative estimate of drug-likeness (QED) is 0.871. The molecular formula is C19H24N4O. The van der Waals surface area contributed by atoms with Crippen LogP contribution in [0.15, 0.2) is 30.6 Å². The number of amides is 1. The van der Waals surface area contributed by atoms with Crippen molar-refractivity contribution in [3.8, 4) is 0 Å². The van der Waals surface area contributed by atoms with E-state index in [1.165, 1.54) is 6.42 Å². The van der Waals surface area contributed by atoms with E-state index in [-0.39, 0.29) is 0 Å². The molecule has 0 spiro atoms. The number of nitrogens with zero attached hydrogens (tertiary/aromatic N) is 4. The van der Waals surface area contributed by atoms with Crippen LogP contribution in [0.1, 0.15) is 32.1 Å². The van der Waals surface area contributed by atoms with Crippen molar-refractivity contribution in [2.75, 3.05) is 25.0 Å². The molecule has 2 fully saturated rings. The fourth-order valence-corrected chi connectivity index (χ4v) is 3.83. The molecule has 5 heteroatoms. The summed E-state index contributed by atoms with van der Waals surface area (Å²) in [6.07, 6.45) is 7.03. The third-order valence-corrected chi connectivity index (χ3v) is 5.64. The van der Waals surface area contributed by atoms with Gasteiger partial charge in [-0.2, -0.15) is 0 Å². The molecule has 2 aliphatic rings. The molecule has 0 N–H and O–H groups in total. The van der Waals surface area contributed by atoms with Crippen molar-refractivity contribution in [1.29, 1.82) is 0 Å². The van der Waals surface area contributed by atoms with Crippen LogP contribution >= 0.6 is 0 Å². The smallest absolute Gasteiger partial charge is 0.225 e. The highest BCUT2D eigenvalue weighted by molar-refractivity contribution is 5.89. The average Bonchev–Trinajstić information content (AvgIpc) is 2.59. The molecule has 1 amide bonds. The van der Waals surface area contributed by atoms with Crippen LogP contribution in [0, 0.1) is 5.92 Å². The van der Waals surface area contributed by atoms with Gasteiger partial charge in [-0.25, -0.2) is 9.97 Å². The van der Waals surface area contributed by atoms with Crippen LogP contribution in [0.25, 0.3) is 10.9 Å². The number of aromatic nitrogens is 2. The molecular weight excluding hydrogens is 300 g/mol. The predicted octanol–water partition coefficient (Wildman–Crippen LogP) is 2.86. The van der Waals surface area contributed by atoms with Crippen LogP contribution in [-0.2, 0) is 4.79 Å². The van der Waals surface area contributed by atoms with E-state index < -0.39 is 0 Å². The van der Waals surface area contributed by atoms with Crippen LogP contribution < -0.4 is 4.90 Å². The zero-order valence-corrected chi connectivity index (χ0v) is 14.2. The summed E-state index contributed by atoms with van der Waals surface area (Å²) in [7, 11) is 1.99. The molecule has 5 nitrogen and oxygen atoms in total. The van der Waals surface area contributed by atoms with Gasteiger partial charge in [0.1, 0.15) is 12.1 Å². The maximum atomic E-state index is 12.4. The second-order valence-electron chi connectivity index (χ2n) is 7.01. The van der Waals surface area contributed by atoms with Gasteiger partial charge >= 0.3 is 0 Å². The van der Waals surface area contributed by atoms with Crippen molar-refractivity contribution in [2.45, 2.75) is 38.1 Å². The highest BCUT2D eigenvalue weighted by atomic mass is 16.2. The lowest BCUT2D eigenvalue weighted by Gasteiger charge is -2.39. The zero-order valence-electron chi connectivity index (χ0n) is 14.2. The van der Waals surface area contributed by atoms with Crippen LogP contribution in [0.3, 0.4) is 0 Å². The Morgan fingerprint density at radius 1 is 1.12 bits per heavy atom. The molecule has 0 atom stereocenters. The third-order valence-electron chi connectivity index (χ3n) is 5.64. The molecule has 2 aromatic rings. The summed E-state index contributed by atoms with van der Waals surface area (Å²) in [4.78, 5) is 25.7. The lowest BCUT2D eigenvalue weighted by Crippen LogP contribution is -2.48. The highest BCUT2D eigenvalue weighted by Gasteiger charge is 2.32. The van der Waals surface area contributed by atoms with Gasteiger partial charge in [0.05, 0.1) is 5.52 Å². The van der Waals surface area contributed by atoms with Gasteiger partial charge in [0.2, 0.25) is 5.91 Å². The summed E-state index contributed by atoms with van der Waals surface area (Å²) in [6, 6.07) is 8.52. The number of benzene rings is 1. The topological polar surface area (TPSA) is 49.3 Å². The van der Waals surface area contributed by atoms with Crippen molar-refractivity contribution in [1.82, 2.24) is 14.9 Å². The summed E-state index contributed by atoms with van der Waals surface area (Å²) in [5.74, 6) is 1.66. The lowest BCUT2D eigenvalue weighted by molar-refractivity contribution is -0.139. The van der Waals surface area contributed by atoms with E-state index >= 15 is 0 Å². The largest absolute Gasteiger partial charge is 0.356 e. The molecule has 2 heterocycles. The normalized spacial score (nSPS) is 19.3. The monoisotopic (exact) mass is 324 g/mol. The Hall–Kier alpha value is -2.17. The number of para-hydroxylation sites is 1. The Morgan fingerprint density at radius 3 is 2.58 bits per heavy atom. The summed E-state index contributed by atoms with van der Waals surface area (Å²) < 4.78 is 0. The van der Waals surface area contributed by atoms with Gasteiger partial charge in [-0.1, -0.05) is 18.6 Å². The van der Waals surface area contributed by atoms with Gasteiger partial charge in [-0.3, -0.25) is 4.79 Å². The first-order chi connectivity index (χ1) is 11.7. The van der Waals surface area contributed by atoms with Gasteiger partial charge < -0.3 is 9.80 Å². The summed E-state index contributed by atoms with van der Waals surface area (Å²) in [5, 5.41) is 1.11. The molecule has 1 saturated heterocycles. The standard InChI is InChI=1S/C19H24N4O/c1-22(19(24)14-5-4-6-14)15-9-11-23(12-10-15)18-16-7-2-3-8-17(16)20-13-21-18/h2-3,7-8,13-15H,4-6,9-12H2,1H3. The van der Waals surface area contributed by atoms with E-state index in [0.717, 1.165) is 55.5 Å². The maximum absolute atomic E-state index is 12.4. The van der Waals surface area contributed by atoms with Crippen molar-refractivity contribution in [2.24, 2.45) is 5.92 Å². The first-order valence-corrected chi connectivity index (χ1v) is 8.95. The van der Waals surface area contributed by atoms with Crippen LogP contribution in [0.4, 0.5) is 5.82 Å². The number of hydrogen-bond donors (Lipinski definition) is 0. The average molecular weight is 324 g/mol. The molecule has 1 aromatic heterocycles. The van der Waals surface area contributed by atoms with E-state index in [0.29, 0.717) is 17.9 Å². The Kier molecular flexibility index (Phi) is 4.08. The van der Waals surface area contributed by atoms with Crippen molar-refractivity contribution < 1.29 is 4.79 Å². The summed E-state index contributed by atoms with van der Waals surface area (Å²) in [5.41, 5.74) is 0.988. The second-order valence-corrected chi connectivity index (χ2v) is 7.01. The minimum atomic E-state index is 0.291. The molecule has 0 bridgehead atoms. The zero-order chi connectivity index (χ0) is 16.5. The molecule has 1 aliphatic carbocycles. The number of hydrogen-bond acceptors (Lipinski definition) is 4. The summed E-state index contributed by atoms with van der Waals surface area (Å²) in [6.45, 7) is 1.88. The van der Waals surface area contributed by atoms with E-state index in [2.05, 4.69) is 20.9 Å². The summed E-state index contributed by atoms with van der Waals surface area (Å²) >= 11 is 0. The van der Waals surface area contributed by atoms with Crippen molar-refractivity contribution in [3.63, 3.8) is 0 Å². The molecule has 4 rings (SSSR count). The maximum Gasteiger partial charge on any atom is 0.225 e. The van der Waals surface area contributed by atoms with Crippen LogP contribution in [-0.4, -0.2) is 47.0 Å². The van der Waals surface area contributed by atoms with Gasteiger partial charge in [0.15, 0.2) is 0 Å². The number of rotatable bonds is 3. The number of piperidine rings is 1. The van der Waals surface area contributed by atoms with Gasteiger partial charge in [-0.05, 0) is 37.8 Å². The Bertz CT molecular complexity index is 730. The van der Waals surface area contributed by atoms with E-state index in [1.54, 1.807) is 6.33 Å². The molecule has 1 saturated carbocycles. The molecule has 24 heavy (non-hydrogen) atoms. The first kappa shape index (κ1) is 15.4. The van der Waals surface area contributed by atoms with Crippen LogP contribution in [0.5, 0.6) is 0 Å². The third kappa shape index (κ3) is 2.72. The van der Waals surface area contributed by atoms with E-state index in [4.69, 9.17) is 0 Å². The Morgan fingerprint density at radius 2 is 1.88 bits per heavy atom. The predicted molar refractivity (Wildman–Crippen MR) is 94.9 cm³/mol. The molecule has 1 aliphatic heterocycles. The number of anilines is 1. The second kappa shape index (κ2) is 6.38. The fraction of sp³-hybridized carbons (Fsp3) is 0.526. The van der Waals surface area contributed by atoms with Gasteiger partial charge in [0.25, 0.3) is 0 Å². The van der Waals surface area contributed by atoms with Gasteiger partial charge in [-0.15, -0.1) is 0 Å².